The summed E-state index contributed by atoms with van der Waals surface area (Å²) in [4.78, 5) is 0. The first-order valence-corrected chi connectivity index (χ1v) is 5.22. The van der Waals surface area contributed by atoms with Gasteiger partial charge in [0.1, 0.15) is 0 Å². The molecule has 2 aromatic carbocycles. The van der Waals surface area contributed by atoms with Crippen LogP contribution in [0.15, 0.2) is 60.7 Å². The van der Waals surface area contributed by atoms with Gasteiger partial charge in [-0.25, -0.2) is 0 Å². The molecule has 0 spiro atoms. The average Bonchev–Trinajstić information content (AvgIpc) is 2.87. The summed E-state index contributed by atoms with van der Waals surface area (Å²) in [5, 5.41) is 0.819. The number of rotatable bonds is 1. The lowest BCUT2D eigenvalue weighted by Gasteiger charge is -2.05. The largest absolute Gasteiger partial charge is 0.317 e. The molecular weight excluding hydrogens is 218 g/mol. The third kappa shape index (κ3) is 1.50. The molecule has 0 bridgehead atoms. The van der Waals surface area contributed by atoms with Gasteiger partial charge in [-0.15, -0.1) is 0 Å². The van der Waals surface area contributed by atoms with Gasteiger partial charge in [-0.05, 0) is 41.7 Å². The van der Waals surface area contributed by atoms with Crippen LogP contribution in [0.25, 0.3) is 16.6 Å². The van der Waals surface area contributed by atoms with Gasteiger partial charge >= 0.3 is 0 Å². The lowest BCUT2D eigenvalue weighted by atomic mass is 10.2. The Morgan fingerprint density at radius 2 is 1.75 bits per heavy atom. The lowest BCUT2D eigenvalue weighted by Crippen LogP contribution is -1.90. The Morgan fingerprint density at radius 3 is 2.56 bits per heavy atom. The van der Waals surface area contributed by atoms with Crippen LogP contribution in [0.3, 0.4) is 0 Å². The number of halogens is 1. The van der Waals surface area contributed by atoms with Crippen molar-refractivity contribution in [2.45, 2.75) is 0 Å². The molecule has 0 aliphatic carbocycles. The minimum Gasteiger partial charge on any atom is -0.317 e. The Morgan fingerprint density at radius 1 is 1.00 bits per heavy atom. The SMILES string of the molecule is [2H]c1c([2H])c(-n2ccc3ccccc32)c([2H])c([2H])c1Cl. The maximum atomic E-state index is 8.03. The zero-order valence-corrected chi connectivity index (χ0v) is 9.05. The number of nitrogens with zero attached hydrogens (tertiary/aromatic N) is 1. The van der Waals surface area contributed by atoms with Gasteiger partial charge in [0, 0.05) is 16.9 Å². The van der Waals surface area contributed by atoms with Gasteiger partial charge in [0.25, 0.3) is 0 Å². The lowest BCUT2D eigenvalue weighted by molar-refractivity contribution is 1.13. The van der Waals surface area contributed by atoms with Gasteiger partial charge in [0.15, 0.2) is 0 Å². The Kier molecular flexibility index (Phi) is 1.41. The molecule has 0 radical (unpaired) electrons. The van der Waals surface area contributed by atoms with Crippen LogP contribution in [0, 0.1) is 0 Å². The van der Waals surface area contributed by atoms with E-state index in [0.29, 0.717) is 0 Å². The second-order valence-electron chi connectivity index (χ2n) is 3.41. The molecule has 0 aliphatic rings. The van der Waals surface area contributed by atoms with E-state index in [1.54, 1.807) is 10.8 Å². The van der Waals surface area contributed by atoms with Gasteiger partial charge in [-0.2, -0.15) is 0 Å². The molecule has 3 aromatic rings. The molecule has 78 valence electrons. The highest BCUT2D eigenvalue weighted by Crippen LogP contribution is 2.21. The van der Waals surface area contributed by atoms with Crippen molar-refractivity contribution in [2.24, 2.45) is 0 Å². The summed E-state index contributed by atoms with van der Waals surface area (Å²) in [6, 6.07) is 8.72. The molecule has 0 atom stereocenters. The maximum absolute atomic E-state index is 8.03. The topological polar surface area (TPSA) is 4.93 Å². The zero-order chi connectivity index (χ0) is 14.4. The minimum absolute atomic E-state index is 0.141. The third-order valence-electron chi connectivity index (χ3n) is 2.42. The summed E-state index contributed by atoms with van der Waals surface area (Å²) in [7, 11) is 0. The number of hydrogen-bond donors (Lipinski definition) is 0. The molecular formula is C14H10ClN. The van der Waals surface area contributed by atoms with Crippen molar-refractivity contribution in [3.05, 3.63) is 65.7 Å². The van der Waals surface area contributed by atoms with E-state index in [0.717, 1.165) is 10.9 Å². The molecule has 1 aromatic heterocycles. The van der Waals surface area contributed by atoms with Crippen molar-refractivity contribution in [3.63, 3.8) is 0 Å². The highest BCUT2D eigenvalue weighted by molar-refractivity contribution is 6.30. The Hall–Kier alpha value is -1.73. The monoisotopic (exact) mass is 231 g/mol. The molecule has 0 amide bonds. The molecule has 0 saturated carbocycles. The molecule has 1 heterocycles. The maximum Gasteiger partial charge on any atom is 0.0645 e. The van der Waals surface area contributed by atoms with Crippen LogP contribution in [0.1, 0.15) is 5.48 Å². The fourth-order valence-electron chi connectivity index (χ4n) is 1.69. The first-order chi connectivity index (χ1) is 9.52. The Balaban J connectivity index is 2.41. The number of hydrogen-bond acceptors (Lipinski definition) is 0. The zero-order valence-electron chi connectivity index (χ0n) is 12.3. The van der Waals surface area contributed by atoms with E-state index >= 15 is 0 Å². The van der Waals surface area contributed by atoms with E-state index in [4.69, 9.17) is 17.1 Å². The fraction of sp³-hybridized carbons (Fsp3) is 0. The fourth-order valence-corrected chi connectivity index (χ4v) is 1.78. The molecule has 0 saturated heterocycles. The molecule has 2 heteroatoms. The van der Waals surface area contributed by atoms with E-state index in [9.17, 15) is 0 Å². The average molecular weight is 232 g/mol. The summed E-state index contributed by atoms with van der Waals surface area (Å²) < 4.78 is 33.3. The summed E-state index contributed by atoms with van der Waals surface area (Å²) in [6.45, 7) is 0. The van der Waals surface area contributed by atoms with E-state index in [1.165, 1.54) is 0 Å². The van der Waals surface area contributed by atoms with E-state index in [2.05, 4.69) is 0 Å². The van der Waals surface area contributed by atoms with Crippen LogP contribution in [-0.4, -0.2) is 4.57 Å². The summed E-state index contributed by atoms with van der Waals surface area (Å²) in [6.07, 6.45) is 1.74. The molecule has 0 N–H and O–H groups in total. The normalized spacial score (nSPS) is 14.3. The van der Waals surface area contributed by atoms with Crippen molar-refractivity contribution in [1.82, 2.24) is 4.57 Å². The first kappa shape index (κ1) is 6.12. The van der Waals surface area contributed by atoms with Gasteiger partial charge in [0.05, 0.1) is 11.0 Å². The van der Waals surface area contributed by atoms with Crippen LogP contribution in [-0.2, 0) is 0 Å². The quantitative estimate of drug-likeness (QED) is 0.589. The highest BCUT2D eigenvalue weighted by Gasteiger charge is 2.01. The summed E-state index contributed by atoms with van der Waals surface area (Å²) in [5.41, 5.74) is 1.04. The summed E-state index contributed by atoms with van der Waals surface area (Å²) >= 11 is 5.82. The predicted octanol–water partition coefficient (Wildman–Crippen LogP) is 4.28. The standard InChI is InChI=1S/C14H10ClN/c15-12-5-7-13(8-6-12)16-10-9-11-3-1-2-4-14(11)16/h1-10H/i5D,6D,7D,8D. The van der Waals surface area contributed by atoms with Crippen molar-refractivity contribution in [1.29, 1.82) is 0 Å². The Bertz CT molecular complexity index is 796. The molecule has 0 aliphatic heterocycles. The van der Waals surface area contributed by atoms with E-state index < -0.39 is 0 Å². The number of benzene rings is 2. The molecule has 0 unspecified atom stereocenters. The van der Waals surface area contributed by atoms with Crippen molar-refractivity contribution >= 4 is 22.5 Å². The van der Waals surface area contributed by atoms with Crippen LogP contribution >= 0.6 is 11.6 Å². The smallest absolute Gasteiger partial charge is 0.0645 e. The van der Waals surface area contributed by atoms with Gasteiger partial charge in [-0.1, -0.05) is 29.8 Å². The van der Waals surface area contributed by atoms with Crippen LogP contribution in [0.5, 0.6) is 0 Å². The molecule has 16 heavy (non-hydrogen) atoms. The van der Waals surface area contributed by atoms with E-state index in [-0.39, 0.29) is 34.9 Å². The second kappa shape index (κ2) is 3.69. The van der Waals surface area contributed by atoms with Crippen LogP contribution in [0.2, 0.25) is 5.02 Å². The van der Waals surface area contributed by atoms with Crippen molar-refractivity contribution < 1.29 is 5.48 Å². The van der Waals surface area contributed by atoms with Crippen molar-refractivity contribution in [2.75, 3.05) is 0 Å². The molecule has 0 fully saturated rings. The van der Waals surface area contributed by atoms with Crippen LogP contribution in [0.4, 0.5) is 0 Å². The third-order valence-corrected chi connectivity index (χ3v) is 2.61. The minimum atomic E-state index is -0.222. The highest BCUT2D eigenvalue weighted by atomic mass is 35.5. The number of para-hydroxylation sites is 1. The predicted molar refractivity (Wildman–Crippen MR) is 68.3 cm³/mol. The first-order valence-electron chi connectivity index (χ1n) is 6.84. The second-order valence-corrected chi connectivity index (χ2v) is 3.79. The van der Waals surface area contributed by atoms with Crippen molar-refractivity contribution in [3.8, 4) is 5.69 Å². The van der Waals surface area contributed by atoms with Crippen LogP contribution < -0.4 is 0 Å². The molecule has 1 nitrogen and oxygen atoms in total. The van der Waals surface area contributed by atoms with Gasteiger partial charge in [-0.3, -0.25) is 0 Å². The van der Waals surface area contributed by atoms with Gasteiger partial charge in [0.2, 0.25) is 0 Å². The number of fused-ring (bicyclic) bond motifs is 1. The number of aromatic nitrogens is 1. The molecule has 3 rings (SSSR count). The summed E-state index contributed by atoms with van der Waals surface area (Å²) in [5.74, 6) is 0. The van der Waals surface area contributed by atoms with E-state index in [1.807, 2.05) is 30.3 Å². The Labute approximate surface area is 105 Å². The van der Waals surface area contributed by atoms with Gasteiger partial charge < -0.3 is 4.57 Å².